The summed E-state index contributed by atoms with van der Waals surface area (Å²) in [6, 6.07) is 1.94. The van der Waals surface area contributed by atoms with Crippen molar-refractivity contribution in [3.63, 3.8) is 0 Å². The second-order valence-electron chi connectivity index (χ2n) is 4.54. The maximum Gasteiger partial charge on any atom is 0.132 e. The molecule has 0 aliphatic heterocycles. The van der Waals surface area contributed by atoms with Crippen LogP contribution in [-0.4, -0.2) is 21.5 Å². The number of rotatable bonds is 7. The molecule has 0 bridgehead atoms. The van der Waals surface area contributed by atoms with E-state index < -0.39 is 0 Å². The summed E-state index contributed by atoms with van der Waals surface area (Å²) >= 11 is 1.74. The third kappa shape index (κ3) is 4.16. The van der Waals surface area contributed by atoms with Crippen molar-refractivity contribution in [2.75, 3.05) is 17.2 Å². The second kappa shape index (κ2) is 7.19. The van der Waals surface area contributed by atoms with Crippen molar-refractivity contribution in [3.8, 4) is 0 Å². The summed E-state index contributed by atoms with van der Waals surface area (Å²) in [5.41, 5.74) is 0. The van der Waals surface area contributed by atoms with Gasteiger partial charge in [-0.25, -0.2) is 15.0 Å². The predicted octanol–water partition coefficient (Wildman–Crippen LogP) is 3.24. The number of aryl methyl sites for hydroxylation is 2. The summed E-state index contributed by atoms with van der Waals surface area (Å²) in [5, 5.41) is 7.68. The van der Waals surface area contributed by atoms with Gasteiger partial charge in [-0.15, -0.1) is 11.3 Å². The SMILES string of the molecule is CCCNc1cc(NCc2ncc(CC)s2)nc(C)n1. The number of thiazole rings is 1. The number of aromatic nitrogens is 3. The largest absolute Gasteiger partial charge is 0.370 e. The first kappa shape index (κ1) is 14.7. The first-order chi connectivity index (χ1) is 9.71. The van der Waals surface area contributed by atoms with Crippen LogP contribution in [0.4, 0.5) is 11.6 Å². The highest BCUT2D eigenvalue weighted by molar-refractivity contribution is 7.11. The van der Waals surface area contributed by atoms with Gasteiger partial charge in [-0.2, -0.15) is 0 Å². The van der Waals surface area contributed by atoms with Gasteiger partial charge < -0.3 is 10.6 Å². The number of anilines is 2. The van der Waals surface area contributed by atoms with Crippen molar-refractivity contribution >= 4 is 23.0 Å². The van der Waals surface area contributed by atoms with E-state index in [0.29, 0.717) is 6.54 Å². The Bertz CT molecular complexity index is 552. The molecule has 2 N–H and O–H groups in total. The number of hydrogen-bond donors (Lipinski definition) is 2. The molecule has 0 spiro atoms. The molecule has 2 heterocycles. The molecular formula is C14H21N5S. The summed E-state index contributed by atoms with van der Waals surface area (Å²) in [5.74, 6) is 2.47. The number of hydrogen-bond acceptors (Lipinski definition) is 6. The highest BCUT2D eigenvalue weighted by Crippen LogP contribution is 2.16. The molecule has 5 nitrogen and oxygen atoms in total. The van der Waals surface area contributed by atoms with Crippen LogP contribution in [-0.2, 0) is 13.0 Å². The maximum absolute atomic E-state index is 4.40. The van der Waals surface area contributed by atoms with Crippen LogP contribution in [0.3, 0.4) is 0 Å². The van der Waals surface area contributed by atoms with E-state index in [1.165, 1.54) is 4.88 Å². The molecule has 0 atom stereocenters. The molecular weight excluding hydrogens is 270 g/mol. The quantitative estimate of drug-likeness (QED) is 0.820. The monoisotopic (exact) mass is 291 g/mol. The lowest BCUT2D eigenvalue weighted by Crippen LogP contribution is -2.07. The third-order valence-corrected chi connectivity index (χ3v) is 3.91. The van der Waals surface area contributed by atoms with Crippen molar-refractivity contribution in [2.24, 2.45) is 0 Å². The highest BCUT2D eigenvalue weighted by Gasteiger charge is 2.04. The van der Waals surface area contributed by atoms with E-state index in [2.05, 4.69) is 39.4 Å². The average Bonchev–Trinajstić information content (AvgIpc) is 2.90. The third-order valence-electron chi connectivity index (χ3n) is 2.76. The fraction of sp³-hybridized carbons (Fsp3) is 0.500. The molecule has 2 rings (SSSR count). The van der Waals surface area contributed by atoms with Crippen LogP contribution in [0.15, 0.2) is 12.3 Å². The van der Waals surface area contributed by atoms with E-state index in [9.17, 15) is 0 Å². The fourth-order valence-corrected chi connectivity index (χ4v) is 2.56. The molecule has 0 aliphatic carbocycles. The summed E-state index contributed by atoms with van der Waals surface area (Å²) < 4.78 is 0. The van der Waals surface area contributed by atoms with E-state index in [-0.39, 0.29) is 0 Å². The normalized spacial score (nSPS) is 10.6. The molecule has 6 heteroatoms. The minimum Gasteiger partial charge on any atom is -0.370 e. The van der Waals surface area contributed by atoms with Crippen molar-refractivity contribution in [3.05, 3.63) is 28.0 Å². The van der Waals surface area contributed by atoms with Gasteiger partial charge in [0.15, 0.2) is 0 Å². The van der Waals surface area contributed by atoms with Crippen molar-refractivity contribution in [2.45, 2.75) is 40.2 Å². The average molecular weight is 291 g/mol. The Morgan fingerprint density at radius 3 is 2.55 bits per heavy atom. The molecule has 0 fully saturated rings. The predicted molar refractivity (Wildman–Crippen MR) is 84.4 cm³/mol. The van der Waals surface area contributed by atoms with Crippen LogP contribution in [0.1, 0.15) is 36.0 Å². The lowest BCUT2D eigenvalue weighted by molar-refractivity contribution is 0.950. The van der Waals surface area contributed by atoms with Crippen LogP contribution in [0, 0.1) is 6.92 Å². The van der Waals surface area contributed by atoms with Gasteiger partial charge in [-0.05, 0) is 19.8 Å². The molecule has 108 valence electrons. The standard InChI is InChI=1S/C14H21N5S/c1-4-6-15-12-7-13(19-10(3)18-12)16-9-14-17-8-11(5-2)20-14/h7-8H,4-6,9H2,1-3H3,(H2,15,16,18,19). The van der Waals surface area contributed by atoms with E-state index in [0.717, 1.165) is 41.9 Å². The Kier molecular flexibility index (Phi) is 5.29. The zero-order chi connectivity index (χ0) is 14.4. The van der Waals surface area contributed by atoms with Gasteiger partial charge >= 0.3 is 0 Å². The summed E-state index contributed by atoms with van der Waals surface area (Å²) in [6.45, 7) is 7.80. The molecule has 0 unspecified atom stereocenters. The van der Waals surface area contributed by atoms with E-state index in [4.69, 9.17) is 0 Å². The van der Waals surface area contributed by atoms with Gasteiger partial charge in [0.2, 0.25) is 0 Å². The van der Waals surface area contributed by atoms with Gasteiger partial charge in [0, 0.05) is 23.7 Å². The molecule has 0 saturated carbocycles. The maximum atomic E-state index is 4.40. The molecule has 0 radical (unpaired) electrons. The zero-order valence-corrected chi connectivity index (χ0v) is 13.0. The molecule has 2 aromatic heterocycles. The highest BCUT2D eigenvalue weighted by atomic mass is 32.1. The van der Waals surface area contributed by atoms with Crippen molar-refractivity contribution in [1.82, 2.24) is 15.0 Å². The molecule has 0 aromatic carbocycles. The fourth-order valence-electron chi connectivity index (χ4n) is 1.76. The van der Waals surface area contributed by atoms with E-state index >= 15 is 0 Å². The van der Waals surface area contributed by atoms with E-state index in [1.54, 1.807) is 11.3 Å². The van der Waals surface area contributed by atoms with Crippen LogP contribution in [0.2, 0.25) is 0 Å². The molecule has 2 aromatic rings. The van der Waals surface area contributed by atoms with Gasteiger partial charge in [-0.3, -0.25) is 0 Å². The topological polar surface area (TPSA) is 62.7 Å². The Hall–Kier alpha value is -1.69. The first-order valence-electron chi connectivity index (χ1n) is 6.98. The van der Waals surface area contributed by atoms with Crippen LogP contribution < -0.4 is 10.6 Å². The smallest absolute Gasteiger partial charge is 0.132 e. The summed E-state index contributed by atoms with van der Waals surface area (Å²) in [7, 11) is 0. The summed E-state index contributed by atoms with van der Waals surface area (Å²) in [4.78, 5) is 14.5. The van der Waals surface area contributed by atoms with Crippen molar-refractivity contribution in [1.29, 1.82) is 0 Å². The Morgan fingerprint density at radius 1 is 1.15 bits per heavy atom. The van der Waals surface area contributed by atoms with Crippen LogP contribution >= 0.6 is 11.3 Å². The first-order valence-corrected chi connectivity index (χ1v) is 7.80. The molecule has 0 aliphatic rings. The van der Waals surface area contributed by atoms with Crippen molar-refractivity contribution < 1.29 is 0 Å². The minimum atomic E-state index is 0.703. The van der Waals surface area contributed by atoms with Gasteiger partial charge in [0.25, 0.3) is 0 Å². The minimum absolute atomic E-state index is 0.703. The van der Waals surface area contributed by atoms with Crippen LogP contribution in [0.5, 0.6) is 0 Å². The Morgan fingerprint density at radius 2 is 1.90 bits per heavy atom. The molecule has 0 amide bonds. The number of nitrogens with one attached hydrogen (secondary N) is 2. The van der Waals surface area contributed by atoms with Gasteiger partial charge in [0.1, 0.15) is 22.5 Å². The van der Waals surface area contributed by atoms with Gasteiger partial charge in [0.05, 0.1) is 6.54 Å². The van der Waals surface area contributed by atoms with Crippen LogP contribution in [0.25, 0.3) is 0 Å². The Balaban J connectivity index is 1.99. The molecule has 0 saturated heterocycles. The lowest BCUT2D eigenvalue weighted by atomic mass is 10.4. The zero-order valence-electron chi connectivity index (χ0n) is 12.2. The van der Waals surface area contributed by atoms with E-state index in [1.807, 2.05) is 19.2 Å². The summed E-state index contributed by atoms with van der Waals surface area (Å²) in [6.07, 6.45) is 4.06. The lowest BCUT2D eigenvalue weighted by Gasteiger charge is -2.08. The van der Waals surface area contributed by atoms with Gasteiger partial charge in [-0.1, -0.05) is 13.8 Å². The second-order valence-corrected chi connectivity index (χ2v) is 5.74. The Labute approximate surface area is 123 Å². The molecule has 20 heavy (non-hydrogen) atoms. The number of nitrogens with zero attached hydrogens (tertiary/aromatic N) is 3.